The molecule has 31 heavy (non-hydrogen) atoms. The number of hydrogen-bond donors (Lipinski definition) is 0. The number of hydrogen-bond acceptors (Lipinski definition) is 5. The van der Waals surface area contributed by atoms with E-state index >= 15 is 0 Å². The average molecular weight is 421 g/mol. The van der Waals surface area contributed by atoms with Crippen LogP contribution in [0.3, 0.4) is 0 Å². The summed E-state index contributed by atoms with van der Waals surface area (Å²) in [6.45, 7) is 4.18. The molecule has 6 nitrogen and oxygen atoms in total. The highest BCUT2D eigenvalue weighted by Gasteiger charge is 2.43. The molecule has 1 aromatic rings. The van der Waals surface area contributed by atoms with Crippen molar-refractivity contribution in [3.05, 3.63) is 53.1 Å². The zero-order chi connectivity index (χ0) is 22.0. The van der Waals surface area contributed by atoms with Gasteiger partial charge in [-0.25, -0.2) is 4.99 Å². The molecule has 2 aliphatic heterocycles. The van der Waals surface area contributed by atoms with Crippen molar-refractivity contribution < 1.29 is 9.59 Å². The first-order valence-electron chi connectivity index (χ1n) is 11.5. The van der Waals surface area contributed by atoms with Gasteiger partial charge < -0.3 is 9.80 Å². The minimum Gasteiger partial charge on any atom is -0.340 e. The molecule has 1 atom stereocenters. The Balaban J connectivity index is 1.76. The highest BCUT2D eigenvalue weighted by atomic mass is 16.2. The van der Waals surface area contributed by atoms with Gasteiger partial charge in [-0.05, 0) is 49.8 Å². The van der Waals surface area contributed by atoms with E-state index in [4.69, 9.17) is 4.99 Å². The van der Waals surface area contributed by atoms with Crippen molar-refractivity contribution in [2.45, 2.75) is 77.3 Å². The van der Waals surface area contributed by atoms with Crippen LogP contribution in [0.2, 0.25) is 0 Å². The van der Waals surface area contributed by atoms with Crippen molar-refractivity contribution in [1.82, 2.24) is 14.8 Å². The fraction of sp³-hybridized carbons (Fsp3) is 0.520. The molecule has 3 heterocycles. The van der Waals surface area contributed by atoms with Gasteiger partial charge in [-0.3, -0.25) is 14.6 Å². The Labute approximate surface area is 184 Å². The van der Waals surface area contributed by atoms with Crippen LogP contribution in [-0.4, -0.2) is 51.4 Å². The van der Waals surface area contributed by atoms with Crippen molar-refractivity contribution in [3.8, 4) is 0 Å². The second-order valence-corrected chi connectivity index (χ2v) is 8.61. The standard InChI is InChI=1S/C25H32N4O2/c1-4-17-13-14-22-24(27-20(17)16-23(30)19-12-8-9-15-26-19)29(18-10-6-7-11-18)21(5-2)25(31)28(22)3/h8-9,12,14-15,18,21H,4-7,10-11,13,16H2,1-3H3. The fourth-order valence-corrected chi connectivity index (χ4v) is 5.04. The molecule has 164 valence electrons. The van der Waals surface area contributed by atoms with E-state index in [-0.39, 0.29) is 24.2 Å². The summed E-state index contributed by atoms with van der Waals surface area (Å²) in [6, 6.07) is 5.55. The Morgan fingerprint density at radius 3 is 2.61 bits per heavy atom. The number of Topliss-reactive ketones (excluding diaryl/α,β-unsaturated/α-hetero) is 1. The highest BCUT2D eigenvalue weighted by Crippen LogP contribution is 2.35. The normalized spacial score (nSPS) is 22.3. The van der Waals surface area contributed by atoms with Crippen LogP contribution in [0.5, 0.6) is 0 Å². The molecule has 1 saturated heterocycles. The number of nitrogens with zero attached hydrogens (tertiary/aromatic N) is 4. The van der Waals surface area contributed by atoms with Crippen molar-refractivity contribution in [2.75, 3.05) is 7.05 Å². The second-order valence-electron chi connectivity index (χ2n) is 8.61. The van der Waals surface area contributed by atoms with Crippen LogP contribution in [0.15, 0.2) is 52.4 Å². The maximum atomic E-state index is 13.2. The van der Waals surface area contributed by atoms with Crippen LogP contribution in [0, 0.1) is 0 Å². The minimum absolute atomic E-state index is 0.0194. The SMILES string of the molecule is CCC1=C(CC(=O)c2ccccn2)N=C2C(=CC1)N(C)C(=O)C(CC)N2C1CCCC1. The van der Waals surface area contributed by atoms with E-state index in [0.29, 0.717) is 18.2 Å². The van der Waals surface area contributed by atoms with E-state index in [2.05, 4.69) is 29.8 Å². The lowest BCUT2D eigenvalue weighted by Gasteiger charge is -2.45. The third-order valence-electron chi connectivity index (χ3n) is 6.79. The molecule has 0 radical (unpaired) electrons. The first-order chi connectivity index (χ1) is 15.0. The summed E-state index contributed by atoms with van der Waals surface area (Å²) in [6.07, 6.45) is 10.8. The molecule has 2 fully saturated rings. The predicted molar refractivity (Wildman–Crippen MR) is 122 cm³/mol. The molecule has 1 aromatic heterocycles. The summed E-state index contributed by atoms with van der Waals surface area (Å²) < 4.78 is 0. The molecule has 3 aliphatic rings. The Morgan fingerprint density at radius 1 is 1.19 bits per heavy atom. The predicted octanol–water partition coefficient (Wildman–Crippen LogP) is 4.50. The van der Waals surface area contributed by atoms with Gasteiger partial charge in [0.15, 0.2) is 11.6 Å². The van der Waals surface area contributed by atoms with Gasteiger partial charge in [-0.15, -0.1) is 0 Å². The number of aliphatic imine (C=N–C) groups is 1. The van der Waals surface area contributed by atoms with E-state index < -0.39 is 0 Å². The lowest BCUT2D eigenvalue weighted by atomic mass is 10.0. The molecule has 6 heteroatoms. The number of amides is 1. The summed E-state index contributed by atoms with van der Waals surface area (Å²) in [7, 11) is 1.86. The lowest BCUT2D eigenvalue weighted by molar-refractivity contribution is -0.134. The van der Waals surface area contributed by atoms with Crippen LogP contribution in [0.25, 0.3) is 0 Å². The summed E-state index contributed by atoms with van der Waals surface area (Å²) in [5, 5.41) is 0. The van der Waals surface area contributed by atoms with Crippen LogP contribution in [0.1, 0.15) is 75.7 Å². The Kier molecular flexibility index (Phi) is 6.35. The maximum Gasteiger partial charge on any atom is 0.249 e. The third-order valence-corrected chi connectivity index (χ3v) is 6.79. The van der Waals surface area contributed by atoms with Crippen LogP contribution >= 0.6 is 0 Å². The second kappa shape index (κ2) is 9.16. The zero-order valence-electron chi connectivity index (χ0n) is 18.8. The van der Waals surface area contributed by atoms with Crippen molar-refractivity contribution >= 4 is 17.5 Å². The number of carbonyl (C=O) groups excluding carboxylic acids is 2. The van der Waals surface area contributed by atoms with Gasteiger partial charge in [0.05, 0.1) is 17.8 Å². The van der Waals surface area contributed by atoms with Gasteiger partial charge in [0.25, 0.3) is 0 Å². The summed E-state index contributed by atoms with van der Waals surface area (Å²) in [4.78, 5) is 39.6. The number of ketones is 1. The first kappa shape index (κ1) is 21.5. The van der Waals surface area contributed by atoms with E-state index in [9.17, 15) is 9.59 Å². The van der Waals surface area contributed by atoms with E-state index in [0.717, 1.165) is 48.5 Å². The molecule has 0 N–H and O–H groups in total. The average Bonchev–Trinajstić information content (AvgIpc) is 3.26. The molecule has 4 rings (SSSR count). The molecule has 0 bridgehead atoms. The smallest absolute Gasteiger partial charge is 0.249 e. The molecule has 1 aliphatic carbocycles. The molecule has 1 amide bonds. The van der Waals surface area contributed by atoms with Crippen LogP contribution in [-0.2, 0) is 4.79 Å². The van der Waals surface area contributed by atoms with Crippen LogP contribution in [0.4, 0.5) is 0 Å². The van der Waals surface area contributed by atoms with Gasteiger partial charge >= 0.3 is 0 Å². The molecular formula is C25H32N4O2. The monoisotopic (exact) mass is 420 g/mol. The summed E-state index contributed by atoms with van der Waals surface area (Å²) in [5.74, 6) is 0.993. The van der Waals surface area contributed by atoms with Crippen LogP contribution < -0.4 is 0 Å². The van der Waals surface area contributed by atoms with Gasteiger partial charge in [0.1, 0.15) is 11.7 Å². The molecular weight excluding hydrogens is 388 g/mol. The quantitative estimate of drug-likeness (QED) is 0.636. The number of pyridine rings is 1. The van der Waals surface area contributed by atoms with Gasteiger partial charge in [-0.2, -0.15) is 0 Å². The number of fused-ring (bicyclic) bond motifs is 1. The molecule has 0 aromatic carbocycles. The number of allylic oxidation sites excluding steroid dienone is 3. The topological polar surface area (TPSA) is 65.9 Å². The number of rotatable bonds is 6. The summed E-state index contributed by atoms with van der Waals surface area (Å²) >= 11 is 0. The van der Waals surface area contributed by atoms with E-state index in [1.165, 1.54) is 12.8 Å². The molecule has 1 saturated carbocycles. The highest BCUT2D eigenvalue weighted by molar-refractivity contribution is 6.08. The van der Waals surface area contributed by atoms with Gasteiger partial charge in [-0.1, -0.05) is 38.8 Å². The van der Waals surface area contributed by atoms with Gasteiger partial charge in [0, 0.05) is 19.3 Å². The number of amidine groups is 1. The zero-order valence-corrected chi connectivity index (χ0v) is 18.8. The number of likely N-dealkylation sites (N-methyl/N-ethyl adjacent to an activating group) is 1. The Hall–Kier alpha value is -2.76. The number of piperazine rings is 1. The van der Waals surface area contributed by atoms with Crippen molar-refractivity contribution in [2.24, 2.45) is 4.99 Å². The Morgan fingerprint density at radius 2 is 1.97 bits per heavy atom. The largest absolute Gasteiger partial charge is 0.340 e. The maximum absolute atomic E-state index is 13.2. The van der Waals surface area contributed by atoms with Crippen molar-refractivity contribution in [1.29, 1.82) is 0 Å². The van der Waals surface area contributed by atoms with E-state index in [1.807, 2.05) is 19.2 Å². The minimum atomic E-state index is -0.195. The van der Waals surface area contributed by atoms with Crippen molar-refractivity contribution in [3.63, 3.8) is 0 Å². The lowest BCUT2D eigenvalue weighted by Crippen LogP contribution is -2.60. The first-order valence-corrected chi connectivity index (χ1v) is 11.5. The van der Waals surface area contributed by atoms with Gasteiger partial charge in [0.2, 0.25) is 5.91 Å². The Bertz CT molecular complexity index is 942. The molecule has 0 spiro atoms. The third kappa shape index (κ3) is 4.08. The molecule has 1 unspecified atom stereocenters. The fourth-order valence-electron chi connectivity index (χ4n) is 5.04. The van der Waals surface area contributed by atoms with E-state index in [1.54, 1.807) is 17.2 Å². The number of aromatic nitrogens is 1. The number of carbonyl (C=O) groups is 2. The summed E-state index contributed by atoms with van der Waals surface area (Å²) in [5.41, 5.74) is 3.34.